The molecule has 0 radical (unpaired) electrons. The van der Waals surface area contributed by atoms with E-state index in [0.717, 1.165) is 44.6 Å². The molecule has 2 amide bonds. The number of carbonyl (C=O) groups is 2. The van der Waals surface area contributed by atoms with E-state index in [9.17, 15) is 9.59 Å². The van der Waals surface area contributed by atoms with Crippen molar-refractivity contribution in [3.8, 4) is 0 Å². The highest BCUT2D eigenvalue weighted by Gasteiger charge is 2.27. The Hall–Kier alpha value is -2.66. The fourth-order valence-electron chi connectivity index (χ4n) is 4.14. The predicted octanol–water partition coefficient (Wildman–Crippen LogP) is 3.21. The van der Waals surface area contributed by atoms with Gasteiger partial charge in [0, 0.05) is 38.6 Å². The number of likely N-dealkylation sites (tertiary alicyclic amines) is 1. The second-order valence-electron chi connectivity index (χ2n) is 7.68. The maximum Gasteiger partial charge on any atom is 0.253 e. The van der Waals surface area contributed by atoms with E-state index >= 15 is 0 Å². The first kappa shape index (κ1) is 18.7. The number of rotatable bonds is 5. The Morgan fingerprint density at radius 3 is 2.39 bits per heavy atom. The Labute approximate surface area is 166 Å². The molecule has 146 valence electrons. The molecule has 2 aromatic rings. The molecule has 2 aliphatic heterocycles. The lowest BCUT2D eigenvalue weighted by Gasteiger charge is -2.32. The van der Waals surface area contributed by atoms with E-state index in [-0.39, 0.29) is 17.9 Å². The Kier molecular flexibility index (Phi) is 5.72. The van der Waals surface area contributed by atoms with Crippen LogP contribution in [0.2, 0.25) is 0 Å². The first-order valence-electron chi connectivity index (χ1n) is 10.2. The van der Waals surface area contributed by atoms with Crippen LogP contribution in [-0.4, -0.2) is 42.4 Å². The molecule has 0 spiro atoms. The normalized spacial score (nSPS) is 18.4. The minimum Gasteiger partial charge on any atom is -0.349 e. The lowest BCUT2D eigenvalue weighted by atomic mass is 10.0. The molecule has 5 nitrogen and oxygen atoms in total. The van der Waals surface area contributed by atoms with E-state index in [1.807, 2.05) is 30.3 Å². The van der Waals surface area contributed by atoms with Crippen molar-refractivity contribution < 1.29 is 9.59 Å². The van der Waals surface area contributed by atoms with Crippen LogP contribution in [0.4, 0.5) is 5.69 Å². The summed E-state index contributed by atoms with van der Waals surface area (Å²) < 4.78 is 0. The first-order valence-corrected chi connectivity index (χ1v) is 10.2. The smallest absolute Gasteiger partial charge is 0.253 e. The Morgan fingerprint density at radius 1 is 0.964 bits per heavy atom. The molecule has 28 heavy (non-hydrogen) atoms. The summed E-state index contributed by atoms with van der Waals surface area (Å²) >= 11 is 0. The van der Waals surface area contributed by atoms with Crippen LogP contribution in [-0.2, 0) is 11.3 Å². The van der Waals surface area contributed by atoms with Crippen molar-refractivity contribution in [3.63, 3.8) is 0 Å². The average molecular weight is 377 g/mol. The summed E-state index contributed by atoms with van der Waals surface area (Å²) in [5, 5.41) is 3.19. The quantitative estimate of drug-likeness (QED) is 0.871. The van der Waals surface area contributed by atoms with Gasteiger partial charge in [0.2, 0.25) is 5.91 Å². The van der Waals surface area contributed by atoms with Crippen molar-refractivity contribution in [1.82, 2.24) is 10.2 Å². The largest absolute Gasteiger partial charge is 0.349 e. The van der Waals surface area contributed by atoms with E-state index < -0.39 is 0 Å². The van der Waals surface area contributed by atoms with E-state index in [4.69, 9.17) is 0 Å². The van der Waals surface area contributed by atoms with Gasteiger partial charge >= 0.3 is 0 Å². The topological polar surface area (TPSA) is 52.7 Å². The van der Waals surface area contributed by atoms with Crippen LogP contribution in [0, 0.1) is 0 Å². The molecule has 2 aliphatic rings. The maximum atomic E-state index is 12.9. The summed E-state index contributed by atoms with van der Waals surface area (Å²) in [5.41, 5.74) is 2.67. The molecule has 0 aliphatic carbocycles. The van der Waals surface area contributed by atoms with Crippen LogP contribution in [0.25, 0.3) is 0 Å². The molecule has 2 heterocycles. The maximum absolute atomic E-state index is 12.9. The molecular formula is C23H27N3O2. The van der Waals surface area contributed by atoms with Crippen LogP contribution in [0.1, 0.15) is 41.6 Å². The van der Waals surface area contributed by atoms with Gasteiger partial charge in [0.05, 0.1) is 11.3 Å². The number of anilines is 1. The molecule has 0 unspecified atom stereocenters. The van der Waals surface area contributed by atoms with Crippen LogP contribution < -0.4 is 10.2 Å². The van der Waals surface area contributed by atoms with E-state index in [2.05, 4.69) is 34.5 Å². The Bertz CT molecular complexity index is 829. The lowest BCUT2D eigenvalue weighted by molar-refractivity contribution is -0.117. The Morgan fingerprint density at radius 2 is 1.68 bits per heavy atom. The summed E-state index contributed by atoms with van der Waals surface area (Å²) in [7, 11) is 0. The third-order valence-corrected chi connectivity index (χ3v) is 5.68. The number of piperidine rings is 1. The summed E-state index contributed by atoms with van der Waals surface area (Å²) in [6, 6.07) is 18.1. The number of benzene rings is 2. The van der Waals surface area contributed by atoms with Gasteiger partial charge in [0.15, 0.2) is 0 Å². The standard InChI is InChI=1S/C23H27N3O2/c27-22-11-6-14-26(22)21-10-5-4-9-20(21)23(28)24-19-12-15-25(16-13-19)17-18-7-2-1-3-8-18/h1-5,7-10,19H,6,11-17H2,(H,24,28). The summed E-state index contributed by atoms with van der Waals surface area (Å²) in [6.07, 6.45) is 3.32. The highest BCUT2D eigenvalue weighted by atomic mass is 16.2. The van der Waals surface area contributed by atoms with E-state index in [1.165, 1.54) is 5.56 Å². The zero-order valence-electron chi connectivity index (χ0n) is 16.1. The summed E-state index contributed by atoms with van der Waals surface area (Å²) in [5.74, 6) is 0.0336. The summed E-state index contributed by atoms with van der Waals surface area (Å²) in [4.78, 5) is 29.2. The van der Waals surface area contributed by atoms with Crippen molar-refractivity contribution in [1.29, 1.82) is 0 Å². The van der Waals surface area contributed by atoms with Gasteiger partial charge in [-0.15, -0.1) is 0 Å². The van der Waals surface area contributed by atoms with Crippen molar-refractivity contribution >= 4 is 17.5 Å². The zero-order chi connectivity index (χ0) is 19.3. The second-order valence-corrected chi connectivity index (χ2v) is 7.68. The molecule has 1 N–H and O–H groups in total. The molecular weight excluding hydrogens is 350 g/mol. The van der Waals surface area contributed by atoms with Gasteiger partial charge in [-0.1, -0.05) is 42.5 Å². The van der Waals surface area contributed by atoms with Crippen LogP contribution in [0.5, 0.6) is 0 Å². The first-order chi connectivity index (χ1) is 13.7. The van der Waals surface area contributed by atoms with E-state index in [0.29, 0.717) is 18.5 Å². The van der Waals surface area contributed by atoms with Crippen molar-refractivity contribution in [2.45, 2.75) is 38.3 Å². The third kappa shape index (κ3) is 4.25. The number of nitrogens with zero attached hydrogens (tertiary/aromatic N) is 2. The molecule has 0 saturated carbocycles. The molecule has 0 bridgehead atoms. The van der Waals surface area contributed by atoms with Crippen molar-refractivity contribution in [2.24, 2.45) is 0 Å². The van der Waals surface area contributed by atoms with Gasteiger partial charge in [-0.3, -0.25) is 14.5 Å². The van der Waals surface area contributed by atoms with Crippen LogP contribution in [0.15, 0.2) is 54.6 Å². The number of carbonyl (C=O) groups excluding carboxylic acids is 2. The molecule has 2 aromatic carbocycles. The highest BCUT2D eigenvalue weighted by Crippen LogP contribution is 2.26. The number of hydrogen-bond acceptors (Lipinski definition) is 3. The molecule has 4 rings (SSSR count). The van der Waals surface area contributed by atoms with Crippen LogP contribution >= 0.6 is 0 Å². The molecule has 2 fully saturated rings. The number of hydrogen-bond donors (Lipinski definition) is 1. The molecule has 0 atom stereocenters. The van der Waals surface area contributed by atoms with Gasteiger partial charge in [0.1, 0.15) is 0 Å². The predicted molar refractivity (Wildman–Crippen MR) is 110 cm³/mol. The fourth-order valence-corrected chi connectivity index (χ4v) is 4.14. The SMILES string of the molecule is O=C(NC1CCN(Cc2ccccc2)CC1)c1ccccc1N1CCCC1=O. The highest BCUT2D eigenvalue weighted by molar-refractivity contribution is 6.05. The van der Waals surface area contributed by atoms with Gasteiger partial charge in [-0.25, -0.2) is 0 Å². The number of para-hydroxylation sites is 1. The average Bonchev–Trinajstić information content (AvgIpc) is 3.16. The minimum absolute atomic E-state index is 0.0724. The Balaban J connectivity index is 1.35. The minimum atomic E-state index is -0.0724. The van der Waals surface area contributed by atoms with Gasteiger partial charge in [-0.2, -0.15) is 0 Å². The summed E-state index contributed by atoms with van der Waals surface area (Å²) in [6.45, 7) is 3.61. The number of nitrogens with one attached hydrogen (secondary N) is 1. The van der Waals surface area contributed by atoms with Gasteiger partial charge in [0.25, 0.3) is 5.91 Å². The second kappa shape index (κ2) is 8.57. The monoisotopic (exact) mass is 377 g/mol. The fraction of sp³-hybridized carbons (Fsp3) is 0.391. The third-order valence-electron chi connectivity index (χ3n) is 5.68. The van der Waals surface area contributed by atoms with Crippen molar-refractivity contribution in [2.75, 3.05) is 24.5 Å². The van der Waals surface area contributed by atoms with Crippen molar-refractivity contribution in [3.05, 3.63) is 65.7 Å². The number of amides is 2. The molecule has 2 saturated heterocycles. The molecule has 5 heteroatoms. The van der Waals surface area contributed by atoms with Crippen LogP contribution in [0.3, 0.4) is 0 Å². The molecule has 0 aromatic heterocycles. The van der Waals surface area contributed by atoms with Gasteiger partial charge in [-0.05, 0) is 37.0 Å². The lowest BCUT2D eigenvalue weighted by Crippen LogP contribution is -2.44. The zero-order valence-corrected chi connectivity index (χ0v) is 16.1. The van der Waals surface area contributed by atoms with E-state index in [1.54, 1.807) is 4.90 Å². The van der Waals surface area contributed by atoms with Gasteiger partial charge < -0.3 is 10.2 Å².